The van der Waals surface area contributed by atoms with Gasteiger partial charge in [-0.2, -0.15) is 0 Å². The van der Waals surface area contributed by atoms with Crippen LogP contribution in [0.25, 0.3) is 12.2 Å². The molecule has 0 spiro atoms. The number of carbonyl (C=O) groups is 1. The molecule has 2 aromatic heterocycles. The summed E-state index contributed by atoms with van der Waals surface area (Å²) in [6, 6.07) is 13.5. The number of nitrogens with one attached hydrogen (secondary N) is 1. The lowest BCUT2D eigenvalue weighted by atomic mass is 10.1. The van der Waals surface area contributed by atoms with Gasteiger partial charge >= 0.3 is 0 Å². The average Bonchev–Trinajstić information content (AvgIpc) is 2.86. The molecule has 128 valence electrons. The molecule has 0 radical (unpaired) electrons. The third-order valence-electron chi connectivity index (χ3n) is 4.30. The van der Waals surface area contributed by atoms with Crippen LogP contribution in [-0.4, -0.2) is 21.1 Å². The highest BCUT2D eigenvalue weighted by molar-refractivity contribution is 5.93. The van der Waals surface area contributed by atoms with Gasteiger partial charge in [-0.25, -0.2) is 5.48 Å². The number of hydrogen-bond donors (Lipinski definition) is 2. The fraction of sp³-hybridized carbons (Fsp3) is 0.0500. The zero-order chi connectivity index (χ0) is 17.9. The quantitative estimate of drug-likeness (QED) is 0.562. The van der Waals surface area contributed by atoms with Crippen LogP contribution >= 0.6 is 0 Å². The second-order valence-electron chi connectivity index (χ2n) is 5.89. The Bertz CT molecular complexity index is 934. The third kappa shape index (κ3) is 2.94. The number of carbonyl (C=O) groups excluding carboxylic acids is 1. The molecule has 26 heavy (non-hydrogen) atoms. The van der Waals surface area contributed by atoms with Crippen LogP contribution in [0.3, 0.4) is 0 Å². The van der Waals surface area contributed by atoms with E-state index in [0.717, 1.165) is 28.2 Å². The molecule has 1 aromatic carbocycles. The van der Waals surface area contributed by atoms with Gasteiger partial charge in [0, 0.05) is 23.6 Å². The van der Waals surface area contributed by atoms with E-state index >= 15 is 0 Å². The largest absolute Gasteiger partial charge is 0.333 e. The van der Waals surface area contributed by atoms with Crippen LogP contribution < -0.4 is 10.4 Å². The molecule has 6 nitrogen and oxygen atoms in total. The van der Waals surface area contributed by atoms with Gasteiger partial charge < -0.3 is 4.90 Å². The summed E-state index contributed by atoms with van der Waals surface area (Å²) in [5, 5.41) is 8.72. The van der Waals surface area contributed by atoms with Crippen molar-refractivity contribution in [2.75, 3.05) is 4.90 Å². The van der Waals surface area contributed by atoms with Crippen molar-refractivity contribution in [2.45, 2.75) is 6.54 Å². The van der Waals surface area contributed by atoms with Gasteiger partial charge in [0.1, 0.15) is 0 Å². The molecule has 3 aromatic rings. The standard InChI is InChI=1S/C20H16N4O2/c25-20(23-26)16-7-8-17(22-11-16)13-24-18-4-2-1-3-14(18)5-6-15-9-10-21-12-19(15)24/h1-12,26H,13H2,(H,23,25). The Labute approximate surface area is 150 Å². The molecule has 3 heterocycles. The number of benzene rings is 1. The number of pyridine rings is 2. The number of hydroxylamine groups is 1. The van der Waals surface area contributed by atoms with Crippen LogP contribution in [0, 0.1) is 0 Å². The van der Waals surface area contributed by atoms with E-state index in [1.165, 1.54) is 6.20 Å². The predicted octanol–water partition coefficient (Wildman–Crippen LogP) is 3.42. The van der Waals surface area contributed by atoms with Gasteiger partial charge in [0.2, 0.25) is 0 Å². The summed E-state index contributed by atoms with van der Waals surface area (Å²) in [6.45, 7) is 0.526. The van der Waals surface area contributed by atoms with E-state index in [4.69, 9.17) is 5.21 Å². The van der Waals surface area contributed by atoms with Crippen LogP contribution in [0.2, 0.25) is 0 Å². The van der Waals surface area contributed by atoms with Crippen molar-refractivity contribution >= 4 is 29.4 Å². The van der Waals surface area contributed by atoms with Crippen molar-refractivity contribution < 1.29 is 10.0 Å². The molecule has 0 unspecified atom stereocenters. The summed E-state index contributed by atoms with van der Waals surface area (Å²) < 4.78 is 0. The van der Waals surface area contributed by atoms with Crippen molar-refractivity contribution in [1.82, 2.24) is 15.4 Å². The highest BCUT2D eigenvalue weighted by atomic mass is 16.5. The Balaban J connectivity index is 1.74. The van der Waals surface area contributed by atoms with Gasteiger partial charge in [0.15, 0.2) is 0 Å². The Morgan fingerprint density at radius 2 is 1.81 bits per heavy atom. The van der Waals surface area contributed by atoms with E-state index in [2.05, 4.69) is 39.2 Å². The smallest absolute Gasteiger partial charge is 0.276 e. The topological polar surface area (TPSA) is 78.4 Å². The first-order valence-corrected chi connectivity index (χ1v) is 8.14. The number of fused-ring (bicyclic) bond motifs is 2. The van der Waals surface area contributed by atoms with Gasteiger partial charge in [-0.15, -0.1) is 0 Å². The second kappa shape index (κ2) is 6.78. The molecule has 0 saturated carbocycles. The van der Waals surface area contributed by atoms with E-state index < -0.39 is 5.91 Å². The molecule has 6 heteroatoms. The first-order valence-electron chi connectivity index (χ1n) is 8.14. The predicted molar refractivity (Wildman–Crippen MR) is 98.9 cm³/mol. The zero-order valence-electron chi connectivity index (χ0n) is 13.8. The van der Waals surface area contributed by atoms with E-state index in [-0.39, 0.29) is 0 Å². The lowest BCUT2D eigenvalue weighted by Gasteiger charge is -2.26. The van der Waals surface area contributed by atoms with Crippen molar-refractivity contribution in [3.8, 4) is 0 Å². The second-order valence-corrected chi connectivity index (χ2v) is 5.89. The Morgan fingerprint density at radius 3 is 2.58 bits per heavy atom. The first kappa shape index (κ1) is 16.0. The van der Waals surface area contributed by atoms with Crippen molar-refractivity contribution in [3.63, 3.8) is 0 Å². The summed E-state index contributed by atoms with van der Waals surface area (Å²) in [5.41, 5.74) is 6.95. The molecule has 1 aliphatic rings. The number of nitrogens with zero attached hydrogens (tertiary/aromatic N) is 3. The molecule has 0 saturated heterocycles. The highest BCUT2D eigenvalue weighted by Crippen LogP contribution is 2.36. The van der Waals surface area contributed by atoms with Crippen LogP contribution in [0.1, 0.15) is 27.2 Å². The zero-order valence-corrected chi connectivity index (χ0v) is 13.8. The van der Waals surface area contributed by atoms with Crippen LogP contribution in [-0.2, 0) is 6.54 Å². The molecule has 1 amide bonds. The van der Waals surface area contributed by atoms with Crippen LogP contribution in [0.5, 0.6) is 0 Å². The van der Waals surface area contributed by atoms with E-state index in [1.54, 1.807) is 23.8 Å². The normalized spacial score (nSPS) is 12.1. The fourth-order valence-electron chi connectivity index (χ4n) is 3.00. The SMILES string of the molecule is O=C(NO)c1ccc(CN2c3ccccc3C=Cc3ccncc32)nc1. The molecule has 4 rings (SSSR count). The Kier molecular flexibility index (Phi) is 4.17. The van der Waals surface area contributed by atoms with E-state index in [0.29, 0.717) is 12.1 Å². The van der Waals surface area contributed by atoms with Crippen LogP contribution in [0.4, 0.5) is 11.4 Å². The molecule has 0 fully saturated rings. The summed E-state index contributed by atoms with van der Waals surface area (Å²) in [5.74, 6) is -0.581. The summed E-state index contributed by atoms with van der Waals surface area (Å²) in [4.78, 5) is 22.3. The van der Waals surface area contributed by atoms with Gasteiger partial charge in [-0.05, 0) is 29.8 Å². The van der Waals surface area contributed by atoms with Crippen molar-refractivity contribution in [2.24, 2.45) is 0 Å². The minimum atomic E-state index is -0.581. The molecule has 0 bridgehead atoms. The van der Waals surface area contributed by atoms with Gasteiger partial charge in [0.25, 0.3) is 5.91 Å². The molecule has 0 atom stereocenters. The minimum Gasteiger partial charge on any atom is -0.333 e. The van der Waals surface area contributed by atoms with E-state index in [9.17, 15) is 4.79 Å². The van der Waals surface area contributed by atoms with E-state index in [1.807, 2.05) is 24.4 Å². The number of amides is 1. The average molecular weight is 344 g/mol. The fourth-order valence-corrected chi connectivity index (χ4v) is 3.00. The maximum atomic E-state index is 11.5. The maximum Gasteiger partial charge on any atom is 0.276 e. The Hall–Kier alpha value is -3.51. The number of aromatic nitrogens is 2. The minimum absolute atomic E-state index is 0.302. The number of anilines is 2. The maximum absolute atomic E-state index is 11.5. The number of hydrogen-bond acceptors (Lipinski definition) is 5. The third-order valence-corrected chi connectivity index (χ3v) is 4.30. The molecular formula is C20H16N4O2. The molecule has 0 aliphatic carbocycles. The monoisotopic (exact) mass is 344 g/mol. The summed E-state index contributed by atoms with van der Waals surface area (Å²) in [6.07, 6.45) is 9.24. The van der Waals surface area contributed by atoms with Gasteiger partial charge in [0.05, 0.1) is 29.7 Å². The van der Waals surface area contributed by atoms with Gasteiger partial charge in [-0.1, -0.05) is 30.4 Å². The number of rotatable bonds is 3. The lowest BCUT2D eigenvalue weighted by Crippen LogP contribution is -2.20. The van der Waals surface area contributed by atoms with Gasteiger partial charge in [-0.3, -0.25) is 20.0 Å². The summed E-state index contributed by atoms with van der Waals surface area (Å²) in [7, 11) is 0. The lowest BCUT2D eigenvalue weighted by molar-refractivity contribution is 0.0706. The highest BCUT2D eigenvalue weighted by Gasteiger charge is 2.18. The molecular weight excluding hydrogens is 328 g/mol. The summed E-state index contributed by atoms with van der Waals surface area (Å²) >= 11 is 0. The van der Waals surface area contributed by atoms with Crippen LogP contribution in [0.15, 0.2) is 61.1 Å². The van der Waals surface area contributed by atoms with Crippen molar-refractivity contribution in [3.05, 3.63) is 83.4 Å². The first-order chi connectivity index (χ1) is 12.8. The number of para-hydroxylation sites is 1. The van der Waals surface area contributed by atoms with Crippen molar-refractivity contribution in [1.29, 1.82) is 0 Å². The molecule has 1 aliphatic heterocycles. The molecule has 2 N–H and O–H groups in total. The Morgan fingerprint density at radius 1 is 1.00 bits per heavy atom.